The van der Waals surface area contributed by atoms with Gasteiger partial charge in [-0.2, -0.15) is 9.61 Å². The molecule has 1 amide bonds. The number of hydrogen-bond acceptors (Lipinski definition) is 7. The second kappa shape index (κ2) is 9.39. The van der Waals surface area contributed by atoms with Crippen LogP contribution in [0.2, 0.25) is 5.15 Å². The van der Waals surface area contributed by atoms with Crippen molar-refractivity contribution in [2.45, 2.75) is 116 Å². The van der Waals surface area contributed by atoms with Crippen molar-refractivity contribution in [2.75, 3.05) is 5.32 Å². The number of hydrogen-bond donors (Lipinski definition) is 1. The molecule has 2 unspecified atom stereocenters. The number of ether oxygens (including phenoxy) is 2. The Morgan fingerprint density at radius 3 is 2.17 bits per heavy atom. The number of esters is 1. The first-order chi connectivity index (χ1) is 16.6. The van der Waals surface area contributed by atoms with E-state index in [4.69, 9.17) is 21.1 Å². The van der Waals surface area contributed by atoms with E-state index in [1.54, 1.807) is 10.6 Å². The van der Waals surface area contributed by atoms with Gasteiger partial charge in [0.1, 0.15) is 22.2 Å². The molecule has 4 rings (SSSR count). The standard InChI is InChI=1S/C26H38ClN5O4/c1-14(2)20-21(23(33)35-25(3,4)5)30-32-19(13-18(27)29-22(20)32)28-15-11-16-9-10-17(12-15)31(16)24(34)36-26(6,7)8/h13-17,28H,9-12H2,1-8H3. The number of carbonyl (C=O) groups is 2. The highest BCUT2D eigenvalue weighted by molar-refractivity contribution is 6.29. The van der Waals surface area contributed by atoms with Gasteiger partial charge >= 0.3 is 12.1 Å². The topological polar surface area (TPSA) is 98.1 Å². The first kappa shape index (κ1) is 26.5. The van der Waals surface area contributed by atoms with Crippen LogP contribution < -0.4 is 5.32 Å². The summed E-state index contributed by atoms with van der Waals surface area (Å²) in [4.78, 5) is 32.3. The van der Waals surface area contributed by atoms with Crippen LogP contribution in [-0.2, 0) is 9.47 Å². The van der Waals surface area contributed by atoms with Gasteiger partial charge in [0.2, 0.25) is 0 Å². The molecule has 2 saturated heterocycles. The van der Waals surface area contributed by atoms with E-state index in [9.17, 15) is 9.59 Å². The van der Waals surface area contributed by atoms with Crippen LogP contribution in [0.5, 0.6) is 0 Å². The number of amides is 1. The molecule has 0 aliphatic carbocycles. The number of fused-ring (bicyclic) bond motifs is 3. The Morgan fingerprint density at radius 1 is 1.06 bits per heavy atom. The van der Waals surface area contributed by atoms with Gasteiger partial charge in [-0.05, 0) is 73.1 Å². The maximum absolute atomic E-state index is 13.0. The fourth-order valence-corrected chi connectivity index (χ4v) is 5.42. The van der Waals surface area contributed by atoms with Crippen molar-refractivity contribution in [3.05, 3.63) is 22.5 Å². The van der Waals surface area contributed by atoms with Crippen LogP contribution in [0.1, 0.15) is 103 Å². The van der Waals surface area contributed by atoms with E-state index in [1.165, 1.54) is 0 Å². The lowest BCUT2D eigenvalue weighted by atomic mass is 9.97. The molecule has 2 aromatic heterocycles. The molecule has 1 N–H and O–H groups in total. The minimum absolute atomic E-state index is 0.0169. The summed E-state index contributed by atoms with van der Waals surface area (Å²) < 4.78 is 12.9. The van der Waals surface area contributed by atoms with Crippen LogP contribution in [0, 0.1) is 0 Å². The van der Waals surface area contributed by atoms with Crippen LogP contribution in [0.4, 0.5) is 10.6 Å². The van der Waals surface area contributed by atoms with Crippen LogP contribution in [0.3, 0.4) is 0 Å². The summed E-state index contributed by atoms with van der Waals surface area (Å²) in [6.07, 6.45) is 3.24. The van der Waals surface area contributed by atoms with Gasteiger partial charge in [0.05, 0.1) is 0 Å². The first-order valence-corrected chi connectivity index (χ1v) is 13.1. The normalized spacial score (nSPS) is 22.3. The average molecular weight is 520 g/mol. The van der Waals surface area contributed by atoms with Gasteiger partial charge in [0.25, 0.3) is 0 Å². The van der Waals surface area contributed by atoms with E-state index in [2.05, 4.69) is 15.4 Å². The van der Waals surface area contributed by atoms with Crippen molar-refractivity contribution in [3.8, 4) is 0 Å². The van der Waals surface area contributed by atoms with Crippen molar-refractivity contribution < 1.29 is 19.1 Å². The maximum Gasteiger partial charge on any atom is 0.410 e. The summed E-state index contributed by atoms with van der Waals surface area (Å²) in [6, 6.07) is 2.07. The molecular weight excluding hydrogens is 482 g/mol. The number of piperidine rings is 1. The summed E-state index contributed by atoms with van der Waals surface area (Å²) in [5, 5.41) is 8.54. The number of aromatic nitrogens is 3. The van der Waals surface area contributed by atoms with E-state index in [0.29, 0.717) is 22.2 Å². The van der Waals surface area contributed by atoms with Gasteiger partial charge in [0.15, 0.2) is 11.3 Å². The summed E-state index contributed by atoms with van der Waals surface area (Å²) in [5.41, 5.74) is 0.321. The molecule has 10 heteroatoms. The number of halogens is 1. The molecule has 2 bridgehead atoms. The molecule has 2 aromatic rings. The van der Waals surface area contributed by atoms with E-state index in [0.717, 1.165) is 25.7 Å². The van der Waals surface area contributed by atoms with Crippen molar-refractivity contribution >= 4 is 35.1 Å². The predicted octanol–water partition coefficient (Wildman–Crippen LogP) is 5.80. The molecule has 0 spiro atoms. The third-order valence-corrected chi connectivity index (χ3v) is 6.65. The van der Waals surface area contributed by atoms with Crippen LogP contribution in [-0.4, -0.2) is 60.9 Å². The van der Waals surface area contributed by atoms with Gasteiger partial charge in [0, 0.05) is 29.8 Å². The third kappa shape index (κ3) is 5.56. The zero-order chi connectivity index (χ0) is 26.6. The lowest BCUT2D eigenvalue weighted by Crippen LogP contribution is -2.51. The molecule has 2 aliphatic rings. The number of nitrogens with zero attached hydrogens (tertiary/aromatic N) is 4. The Labute approximate surface area is 217 Å². The van der Waals surface area contributed by atoms with Crippen LogP contribution in [0.25, 0.3) is 5.65 Å². The van der Waals surface area contributed by atoms with Crippen molar-refractivity contribution in [2.24, 2.45) is 0 Å². The highest BCUT2D eigenvalue weighted by Crippen LogP contribution is 2.38. The third-order valence-electron chi connectivity index (χ3n) is 6.45. The average Bonchev–Trinajstić information content (AvgIpc) is 3.21. The number of carbonyl (C=O) groups excluding carboxylic acids is 2. The number of anilines is 1. The van der Waals surface area contributed by atoms with Gasteiger partial charge in [-0.25, -0.2) is 14.6 Å². The summed E-state index contributed by atoms with van der Waals surface area (Å²) in [5.74, 6) is 0.163. The van der Waals surface area contributed by atoms with Gasteiger partial charge in [-0.15, -0.1) is 0 Å². The molecule has 4 heterocycles. The number of rotatable bonds is 4. The molecule has 2 fully saturated rings. The Hall–Kier alpha value is -2.55. The Kier molecular flexibility index (Phi) is 6.92. The quantitative estimate of drug-likeness (QED) is 0.402. The molecular formula is C26H38ClN5O4. The Balaban J connectivity index is 1.62. The van der Waals surface area contributed by atoms with Gasteiger partial charge in [-0.1, -0.05) is 25.4 Å². The summed E-state index contributed by atoms with van der Waals surface area (Å²) >= 11 is 6.43. The number of nitrogens with one attached hydrogen (secondary N) is 1. The van der Waals surface area contributed by atoms with E-state index < -0.39 is 17.2 Å². The highest BCUT2D eigenvalue weighted by Gasteiger charge is 2.45. The monoisotopic (exact) mass is 519 g/mol. The largest absolute Gasteiger partial charge is 0.455 e. The molecule has 2 aliphatic heterocycles. The van der Waals surface area contributed by atoms with Crippen molar-refractivity contribution in [1.82, 2.24) is 19.5 Å². The lowest BCUT2D eigenvalue weighted by molar-refractivity contribution is 0.00529. The smallest absolute Gasteiger partial charge is 0.410 e. The van der Waals surface area contributed by atoms with Crippen molar-refractivity contribution in [3.63, 3.8) is 0 Å². The molecule has 0 radical (unpaired) electrons. The minimum Gasteiger partial charge on any atom is -0.455 e. The summed E-state index contributed by atoms with van der Waals surface area (Å²) in [7, 11) is 0. The zero-order valence-corrected chi connectivity index (χ0v) is 23.3. The van der Waals surface area contributed by atoms with Crippen LogP contribution >= 0.6 is 11.6 Å². The van der Waals surface area contributed by atoms with Gasteiger partial charge < -0.3 is 19.7 Å². The fourth-order valence-electron chi connectivity index (χ4n) is 5.23. The molecule has 9 nitrogen and oxygen atoms in total. The van der Waals surface area contributed by atoms with E-state index >= 15 is 0 Å². The molecule has 36 heavy (non-hydrogen) atoms. The van der Waals surface area contributed by atoms with Gasteiger partial charge in [-0.3, -0.25) is 0 Å². The fraction of sp³-hybridized carbons (Fsp3) is 0.692. The second-order valence-corrected chi connectivity index (χ2v) is 12.6. The SMILES string of the molecule is CC(C)c1c(C(=O)OC(C)(C)C)nn2c(NC3CC4CCC(C3)N4C(=O)OC(C)(C)C)cc(Cl)nc12. The minimum atomic E-state index is -0.644. The first-order valence-electron chi connectivity index (χ1n) is 12.7. The molecule has 0 saturated carbocycles. The molecule has 2 atom stereocenters. The van der Waals surface area contributed by atoms with Crippen LogP contribution in [0.15, 0.2) is 6.07 Å². The Morgan fingerprint density at radius 2 is 1.64 bits per heavy atom. The zero-order valence-electron chi connectivity index (χ0n) is 22.5. The second-order valence-electron chi connectivity index (χ2n) is 12.2. The Bertz CT molecular complexity index is 1150. The lowest BCUT2D eigenvalue weighted by Gasteiger charge is -2.39. The highest BCUT2D eigenvalue weighted by atomic mass is 35.5. The van der Waals surface area contributed by atoms with Crippen molar-refractivity contribution in [1.29, 1.82) is 0 Å². The molecule has 198 valence electrons. The molecule has 0 aromatic carbocycles. The van der Waals surface area contributed by atoms with E-state index in [1.807, 2.05) is 60.3 Å². The predicted molar refractivity (Wildman–Crippen MR) is 139 cm³/mol. The van der Waals surface area contributed by atoms with E-state index in [-0.39, 0.29) is 35.8 Å². The maximum atomic E-state index is 13.0. The summed E-state index contributed by atoms with van der Waals surface area (Å²) in [6.45, 7) is 15.1.